The maximum Gasteiger partial charge on any atom is 0.314 e. The van der Waals surface area contributed by atoms with Crippen molar-refractivity contribution in [1.82, 2.24) is 15.6 Å². The van der Waals surface area contributed by atoms with E-state index in [-0.39, 0.29) is 6.03 Å². The van der Waals surface area contributed by atoms with Crippen LogP contribution in [0.5, 0.6) is 0 Å². The molecule has 0 bridgehead atoms. The molecular formula is C14H20ClN3O2. The van der Waals surface area contributed by atoms with Gasteiger partial charge in [0.1, 0.15) is 5.15 Å². The molecule has 0 spiro atoms. The molecule has 20 heavy (non-hydrogen) atoms. The molecule has 3 N–H and O–H groups in total. The van der Waals surface area contributed by atoms with E-state index < -0.39 is 5.60 Å². The van der Waals surface area contributed by atoms with Crippen molar-refractivity contribution in [2.75, 3.05) is 13.1 Å². The standard InChI is InChI=1S/C14H20ClN3O2/c15-12-4-3-11(9-17-12)5-8-16-13(19)18-10-14(20)6-1-2-7-14/h3-4,9,20H,1-2,5-8,10H2,(H2,16,18,19). The number of hydrogen-bond acceptors (Lipinski definition) is 3. The van der Waals surface area contributed by atoms with E-state index in [9.17, 15) is 9.90 Å². The van der Waals surface area contributed by atoms with Crippen molar-refractivity contribution in [3.05, 3.63) is 29.0 Å². The normalized spacial score (nSPS) is 16.9. The van der Waals surface area contributed by atoms with Crippen LogP contribution in [0.4, 0.5) is 4.79 Å². The summed E-state index contributed by atoms with van der Waals surface area (Å²) in [7, 11) is 0. The molecule has 1 aliphatic carbocycles. The minimum atomic E-state index is -0.711. The highest BCUT2D eigenvalue weighted by Gasteiger charge is 2.31. The van der Waals surface area contributed by atoms with Crippen LogP contribution >= 0.6 is 11.6 Å². The molecule has 1 aromatic heterocycles. The van der Waals surface area contributed by atoms with Crippen molar-refractivity contribution in [2.45, 2.75) is 37.7 Å². The van der Waals surface area contributed by atoms with Crippen LogP contribution in [-0.4, -0.2) is 34.8 Å². The summed E-state index contributed by atoms with van der Waals surface area (Å²) in [6.45, 7) is 0.842. The van der Waals surface area contributed by atoms with Crippen LogP contribution in [0.15, 0.2) is 18.3 Å². The lowest BCUT2D eigenvalue weighted by Gasteiger charge is -2.22. The van der Waals surface area contributed by atoms with E-state index in [0.717, 1.165) is 31.2 Å². The smallest absolute Gasteiger partial charge is 0.314 e. The van der Waals surface area contributed by atoms with Gasteiger partial charge in [-0.2, -0.15) is 0 Å². The SMILES string of the molecule is O=C(NCCc1ccc(Cl)nc1)NCC1(O)CCCC1. The zero-order valence-corrected chi connectivity index (χ0v) is 12.1. The largest absolute Gasteiger partial charge is 0.388 e. The number of amides is 2. The highest BCUT2D eigenvalue weighted by atomic mass is 35.5. The predicted molar refractivity (Wildman–Crippen MR) is 77.8 cm³/mol. The highest BCUT2D eigenvalue weighted by molar-refractivity contribution is 6.29. The second-order valence-electron chi connectivity index (χ2n) is 5.28. The van der Waals surface area contributed by atoms with Crippen LogP contribution in [0.1, 0.15) is 31.2 Å². The second-order valence-corrected chi connectivity index (χ2v) is 5.67. The van der Waals surface area contributed by atoms with Crippen LogP contribution in [0.25, 0.3) is 0 Å². The molecule has 2 rings (SSSR count). The third-order valence-corrected chi connectivity index (χ3v) is 3.82. The Balaban J connectivity index is 1.64. The van der Waals surface area contributed by atoms with E-state index in [1.54, 1.807) is 12.3 Å². The summed E-state index contributed by atoms with van der Waals surface area (Å²) in [6, 6.07) is 3.37. The third kappa shape index (κ3) is 4.65. The van der Waals surface area contributed by atoms with Gasteiger partial charge in [0.15, 0.2) is 0 Å². The number of aliphatic hydroxyl groups is 1. The van der Waals surface area contributed by atoms with Crippen LogP contribution in [0, 0.1) is 0 Å². The summed E-state index contributed by atoms with van der Waals surface area (Å²) >= 11 is 5.70. The number of carbonyl (C=O) groups excluding carboxylic acids is 1. The Morgan fingerprint density at radius 3 is 2.75 bits per heavy atom. The Bertz CT molecular complexity index is 444. The molecular weight excluding hydrogens is 278 g/mol. The Morgan fingerprint density at radius 2 is 2.10 bits per heavy atom. The monoisotopic (exact) mass is 297 g/mol. The van der Waals surface area contributed by atoms with E-state index in [2.05, 4.69) is 15.6 Å². The van der Waals surface area contributed by atoms with Crippen molar-refractivity contribution >= 4 is 17.6 Å². The fourth-order valence-corrected chi connectivity index (χ4v) is 2.50. The van der Waals surface area contributed by atoms with Crippen LogP contribution < -0.4 is 10.6 Å². The van der Waals surface area contributed by atoms with E-state index in [4.69, 9.17) is 11.6 Å². The summed E-state index contributed by atoms with van der Waals surface area (Å²) in [6.07, 6.45) is 5.99. The van der Waals surface area contributed by atoms with Gasteiger partial charge in [0, 0.05) is 19.3 Å². The molecule has 0 radical (unpaired) electrons. The molecule has 0 saturated heterocycles. The lowest BCUT2D eigenvalue weighted by atomic mass is 10.0. The van der Waals surface area contributed by atoms with Gasteiger partial charge in [-0.05, 0) is 30.9 Å². The zero-order valence-electron chi connectivity index (χ0n) is 11.4. The van der Waals surface area contributed by atoms with Crippen LogP contribution in [0.3, 0.4) is 0 Å². The van der Waals surface area contributed by atoms with Gasteiger partial charge in [0.2, 0.25) is 0 Å². The Kier molecular flexibility index (Phi) is 5.20. The molecule has 1 aliphatic rings. The molecule has 6 heteroatoms. The number of urea groups is 1. The first-order chi connectivity index (χ1) is 9.57. The molecule has 1 aromatic rings. The minimum Gasteiger partial charge on any atom is -0.388 e. The number of nitrogens with one attached hydrogen (secondary N) is 2. The Labute approximate surface area is 123 Å². The van der Waals surface area contributed by atoms with Crippen molar-refractivity contribution in [3.63, 3.8) is 0 Å². The van der Waals surface area contributed by atoms with Crippen molar-refractivity contribution in [3.8, 4) is 0 Å². The average molecular weight is 298 g/mol. The Hall–Kier alpha value is -1.33. The maximum atomic E-state index is 11.6. The lowest BCUT2D eigenvalue weighted by molar-refractivity contribution is 0.0501. The van der Waals surface area contributed by atoms with Crippen molar-refractivity contribution in [2.24, 2.45) is 0 Å². The molecule has 1 fully saturated rings. The van der Waals surface area contributed by atoms with E-state index in [1.165, 1.54) is 0 Å². The van der Waals surface area contributed by atoms with Gasteiger partial charge < -0.3 is 15.7 Å². The van der Waals surface area contributed by atoms with E-state index >= 15 is 0 Å². The fourth-order valence-electron chi connectivity index (χ4n) is 2.39. The number of nitrogens with zero attached hydrogens (tertiary/aromatic N) is 1. The van der Waals surface area contributed by atoms with Crippen LogP contribution in [0.2, 0.25) is 5.15 Å². The van der Waals surface area contributed by atoms with E-state index in [1.807, 2.05) is 6.07 Å². The van der Waals surface area contributed by atoms with Gasteiger partial charge in [-0.3, -0.25) is 0 Å². The topological polar surface area (TPSA) is 74.2 Å². The Morgan fingerprint density at radius 1 is 1.35 bits per heavy atom. The second kappa shape index (κ2) is 6.90. The van der Waals surface area contributed by atoms with Gasteiger partial charge in [-0.25, -0.2) is 9.78 Å². The molecule has 1 heterocycles. The van der Waals surface area contributed by atoms with Gasteiger partial charge in [0.05, 0.1) is 5.60 Å². The zero-order chi connectivity index (χ0) is 14.4. The summed E-state index contributed by atoms with van der Waals surface area (Å²) in [5.41, 5.74) is 0.307. The molecule has 0 aliphatic heterocycles. The fraction of sp³-hybridized carbons (Fsp3) is 0.571. The quantitative estimate of drug-likeness (QED) is 0.727. The first-order valence-corrected chi connectivity index (χ1v) is 7.30. The maximum absolute atomic E-state index is 11.6. The van der Waals surface area contributed by atoms with Crippen molar-refractivity contribution in [1.29, 1.82) is 0 Å². The average Bonchev–Trinajstić information content (AvgIpc) is 2.86. The molecule has 0 atom stereocenters. The third-order valence-electron chi connectivity index (χ3n) is 3.60. The molecule has 0 unspecified atom stereocenters. The first kappa shape index (κ1) is 15.1. The first-order valence-electron chi connectivity index (χ1n) is 6.92. The van der Waals surface area contributed by atoms with Gasteiger partial charge >= 0.3 is 6.03 Å². The minimum absolute atomic E-state index is 0.243. The highest BCUT2D eigenvalue weighted by Crippen LogP contribution is 2.28. The van der Waals surface area contributed by atoms with Gasteiger partial charge in [-0.15, -0.1) is 0 Å². The number of pyridine rings is 1. The van der Waals surface area contributed by atoms with Gasteiger partial charge in [0.25, 0.3) is 0 Å². The number of aromatic nitrogens is 1. The molecule has 5 nitrogen and oxygen atoms in total. The van der Waals surface area contributed by atoms with Crippen molar-refractivity contribution < 1.29 is 9.90 Å². The van der Waals surface area contributed by atoms with E-state index in [0.29, 0.717) is 24.7 Å². The summed E-state index contributed by atoms with van der Waals surface area (Å²) in [5, 5.41) is 16.1. The van der Waals surface area contributed by atoms with Crippen LogP contribution in [-0.2, 0) is 6.42 Å². The molecule has 0 aromatic carbocycles. The molecule has 2 amide bonds. The predicted octanol–water partition coefficient (Wildman–Crippen LogP) is 1.88. The number of carbonyl (C=O) groups is 1. The summed E-state index contributed by atoms with van der Waals surface area (Å²) in [4.78, 5) is 15.6. The number of hydrogen-bond donors (Lipinski definition) is 3. The summed E-state index contributed by atoms with van der Waals surface area (Å²) in [5.74, 6) is 0. The number of rotatable bonds is 5. The van der Waals surface area contributed by atoms with Gasteiger partial charge in [-0.1, -0.05) is 30.5 Å². The lowest BCUT2D eigenvalue weighted by Crippen LogP contribution is -2.45. The molecule has 110 valence electrons. The summed E-state index contributed by atoms with van der Waals surface area (Å²) < 4.78 is 0. The molecule has 1 saturated carbocycles. The number of halogens is 1.